The Hall–Kier alpha value is -1.00. The van der Waals surface area contributed by atoms with Crippen molar-refractivity contribution in [1.29, 1.82) is 0 Å². The lowest BCUT2D eigenvalue weighted by molar-refractivity contribution is -0.137. The van der Waals surface area contributed by atoms with Gasteiger partial charge in [0.25, 0.3) is 0 Å². The number of aliphatic hydroxyl groups is 1. The highest BCUT2D eigenvalue weighted by atomic mass is 35.5. The van der Waals surface area contributed by atoms with Crippen LogP contribution in [-0.2, 0) is 11.0 Å². The van der Waals surface area contributed by atoms with Gasteiger partial charge in [-0.2, -0.15) is 13.2 Å². The predicted octanol–water partition coefficient (Wildman–Crippen LogP) is 2.02. The van der Waals surface area contributed by atoms with Gasteiger partial charge in [-0.25, -0.2) is 4.98 Å². The Morgan fingerprint density at radius 1 is 1.41 bits per heavy atom. The van der Waals surface area contributed by atoms with E-state index >= 15 is 0 Å². The Labute approximate surface area is 171 Å². The third-order valence-corrected chi connectivity index (χ3v) is 4.69. The van der Waals surface area contributed by atoms with Crippen molar-refractivity contribution in [3.63, 3.8) is 0 Å². The number of carbonyl (C=O) groups is 1. The number of hydrogen-bond acceptors (Lipinski definition) is 5. The van der Waals surface area contributed by atoms with E-state index in [1.807, 2.05) is 0 Å². The molecule has 1 aromatic rings. The molecule has 3 heterocycles. The summed E-state index contributed by atoms with van der Waals surface area (Å²) in [4.78, 5) is 17.7. The molecule has 12 heteroatoms. The number of alkyl halides is 3. The highest BCUT2D eigenvalue weighted by Gasteiger charge is 2.34. The number of anilines is 1. The van der Waals surface area contributed by atoms with Crippen molar-refractivity contribution in [1.82, 2.24) is 15.6 Å². The maximum absolute atomic E-state index is 12.7. The van der Waals surface area contributed by atoms with Crippen LogP contribution < -0.4 is 15.5 Å². The smallest absolute Gasteiger partial charge is 0.392 e. The van der Waals surface area contributed by atoms with Gasteiger partial charge in [-0.15, -0.1) is 24.8 Å². The van der Waals surface area contributed by atoms with Crippen molar-refractivity contribution in [2.45, 2.75) is 37.2 Å². The quantitative estimate of drug-likeness (QED) is 0.655. The first-order chi connectivity index (χ1) is 11.7. The molecule has 0 aliphatic carbocycles. The normalized spacial score (nSPS) is 24.9. The van der Waals surface area contributed by atoms with Crippen molar-refractivity contribution in [2.75, 3.05) is 24.5 Å². The first-order valence-corrected chi connectivity index (χ1v) is 8.31. The number of nitrogens with one attached hydrogen (secondary N) is 2. The fraction of sp³-hybridized carbons (Fsp3) is 0.600. The molecule has 0 spiro atoms. The molecule has 2 aliphatic heterocycles. The SMILES string of the molecule is Cl.Cl.O=C(NC1CCN(c2ncc(C(F)(F)F)cc2Cl)C1)C1CC(O)CN1. The van der Waals surface area contributed by atoms with Gasteiger partial charge in [-0.1, -0.05) is 11.6 Å². The molecule has 0 aromatic carbocycles. The van der Waals surface area contributed by atoms with E-state index in [9.17, 15) is 23.1 Å². The van der Waals surface area contributed by atoms with Crippen LogP contribution in [0, 0.1) is 0 Å². The fourth-order valence-corrected chi connectivity index (χ4v) is 3.39. The number of rotatable bonds is 3. The Morgan fingerprint density at radius 2 is 2.11 bits per heavy atom. The molecular formula is C15H20Cl3F3N4O2. The minimum Gasteiger partial charge on any atom is -0.392 e. The summed E-state index contributed by atoms with van der Waals surface area (Å²) in [6.45, 7) is 1.34. The van der Waals surface area contributed by atoms with Crippen LogP contribution in [-0.4, -0.2) is 53.8 Å². The number of aromatic nitrogens is 1. The first-order valence-electron chi connectivity index (χ1n) is 7.93. The van der Waals surface area contributed by atoms with E-state index in [1.54, 1.807) is 4.90 Å². The highest BCUT2D eigenvalue weighted by molar-refractivity contribution is 6.33. The van der Waals surface area contributed by atoms with Crippen LogP contribution in [0.5, 0.6) is 0 Å². The minimum absolute atomic E-state index is 0. The summed E-state index contributed by atoms with van der Waals surface area (Å²) >= 11 is 5.96. The summed E-state index contributed by atoms with van der Waals surface area (Å²) in [6.07, 6.45) is -3.24. The molecular weight excluding hydrogens is 432 g/mol. The van der Waals surface area contributed by atoms with Crippen molar-refractivity contribution < 1.29 is 23.1 Å². The average Bonchev–Trinajstić information content (AvgIpc) is 3.15. The molecule has 1 aromatic heterocycles. The Morgan fingerprint density at radius 3 is 2.67 bits per heavy atom. The van der Waals surface area contributed by atoms with Gasteiger partial charge in [0.15, 0.2) is 0 Å². The second kappa shape index (κ2) is 9.47. The molecule has 6 nitrogen and oxygen atoms in total. The molecule has 0 radical (unpaired) electrons. The summed E-state index contributed by atoms with van der Waals surface area (Å²) in [7, 11) is 0. The van der Waals surface area contributed by atoms with Crippen LogP contribution in [0.2, 0.25) is 5.02 Å². The van der Waals surface area contributed by atoms with Crippen LogP contribution in [0.1, 0.15) is 18.4 Å². The van der Waals surface area contributed by atoms with Gasteiger partial charge in [-0.3, -0.25) is 4.79 Å². The van der Waals surface area contributed by atoms with Gasteiger partial charge < -0.3 is 20.6 Å². The molecule has 0 bridgehead atoms. The second-order valence-electron chi connectivity index (χ2n) is 6.32. The van der Waals surface area contributed by atoms with Crippen LogP contribution in [0.15, 0.2) is 12.3 Å². The summed E-state index contributed by atoms with van der Waals surface area (Å²) in [6, 6.07) is 0.295. The van der Waals surface area contributed by atoms with Crippen LogP contribution in [0.4, 0.5) is 19.0 Å². The summed E-state index contributed by atoms with van der Waals surface area (Å²) in [5, 5.41) is 15.2. The zero-order chi connectivity index (χ0) is 18.2. The third-order valence-electron chi connectivity index (χ3n) is 4.41. The second-order valence-corrected chi connectivity index (χ2v) is 6.72. The van der Waals surface area contributed by atoms with E-state index in [0.29, 0.717) is 32.5 Å². The van der Waals surface area contributed by atoms with Crippen LogP contribution >= 0.6 is 36.4 Å². The maximum atomic E-state index is 12.7. The third kappa shape index (κ3) is 5.74. The number of pyridine rings is 1. The number of β-amino-alcohol motifs (C(OH)–C–C–N with tert-alkyl or cyclic N) is 1. The van der Waals surface area contributed by atoms with Gasteiger partial charge >= 0.3 is 6.18 Å². The molecule has 3 N–H and O–H groups in total. The van der Waals surface area contributed by atoms with Gasteiger partial charge in [0.1, 0.15) is 5.82 Å². The van der Waals surface area contributed by atoms with Crippen LogP contribution in [0.3, 0.4) is 0 Å². The average molecular weight is 452 g/mol. The van der Waals surface area contributed by atoms with E-state index in [2.05, 4.69) is 15.6 Å². The van der Waals surface area contributed by atoms with E-state index in [1.165, 1.54) is 0 Å². The monoisotopic (exact) mass is 450 g/mol. The van der Waals surface area contributed by atoms with Crippen molar-refractivity contribution in [2.24, 2.45) is 0 Å². The van der Waals surface area contributed by atoms with E-state index < -0.39 is 23.9 Å². The predicted molar refractivity (Wildman–Crippen MR) is 99.9 cm³/mol. The summed E-state index contributed by atoms with van der Waals surface area (Å²) in [5.74, 6) is 0.0932. The molecule has 3 atom stereocenters. The Kier molecular flexibility index (Phi) is 8.43. The topological polar surface area (TPSA) is 77.5 Å². The first kappa shape index (κ1) is 24.0. The number of halogens is 6. The summed E-state index contributed by atoms with van der Waals surface area (Å²) in [5.41, 5.74) is -0.892. The molecule has 1 amide bonds. The molecule has 27 heavy (non-hydrogen) atoms. The van der Waals surface area contributed by atoms with Gasteiger partial charge in [0.05, 0.1) is 22.7 Å². The lowest BCUT2D eigenvalue weighted by Crippen LogP contribution is -2.46. The Balaban J connectivity index is 0.00000182. The number of amides is 1. The fourth-order valence-electron chi connectivity index (χ4n) is 3.11. The zero-order valence-electron chi connectivity index (χ0n) is 14.0. The number of nitrogens with zero attached hydrogens (tertiary/aromatic N) is 2. The van der Waals surface area contributed by atoms with E-state index in [-0.39, 0.29) is 47.6 Å². The molecule has 2 saturated heterocycles. The van der Waals surface area contributed by atoms with E-state index in [0.717, 1.165) is 12.3 Å². The maximum Gasteiger partial charge on any atom is 0.417 e. The highest BCUT2D eigenvalue weighted by Crippen LogP contribution is 2.34. The minimum atomic E-state index is -4.49. The molecule has 3 unspecified atom stereocenters. The van der Waals surface area contributed by atoms with Crippen LogP contribution in [0.25, 0.3) is 0 Å². The molecule has 2 fully saturated rings. The molecule has 0 saturated carbocycles. The van der Waals surface area contributed by atoms with E-state index in [4.69, 9.17) is 11.6 Å². The lowest BCUT2D eigenvalue weighted by Gasteiger charge is -2.20. The largest absolute Gasteiger partial charge is 0.417 e. The molecule has 154 valence electrons. The number of hydrogen-bond donors (Lipinski definition) is 3. The molecule has 2 aliphatic rings. The van der Waals surface area contributed by atoms with Crippen molar-refractivity contribution in [3.8, 4) is 0 Å². The molecule has 3 rings (SSSR count). The number of aliphatic hydroxyl groups excluding tert-OH is 1. The zero-order valence-corrected chi connectivity index (χ0v) is 16.4. The number of carbonyl (C=O) groups excluding carboxylic acids is 1. The lowest BCUT2D eigenvalue weighted by atomic mass is 10.1. The van der Waals surface area contributed by atoms with Crippen molar-refractivity contribution in [3.05, 3.63) is 22.8 Å². The van der Waals surface area contributed by atoms with Gasteiger partial charge in [-0.05, 0) is 18.9 Å². The van der Waals surface area contributed by atoms with Gasteiger partial charge in [0, 0.05) is 31.9 Å². The Bertz CT molecular complexity index is 666. The van der Waals surface area contributed by atoms with Gasteiger partial charge in [0.2, 0.25) is 5.91 Å². The van der Waals surface area contributed by atoms with Crippen molar-refractivity contribution >= 4 is 48.1 Å². The standard InChI is InChI=1S/C15H18ClF3N4O2.2ClH/c16-11-3-8(15(17,18)19)5-21-13(11)23-2-1-9(7-23)22-14(25)12-4-10(24)6-20-12;;/h3,5,9-10,12,20,24H,1-2,4,6-7H2,(H,22,25);2*1H. The summed E-state index contributed by atoms with van der Waals surface area (Å²) < 4.78 is 38.0.